The van der Waals surface area contributed by atoms with E-state index in [-0.39, 0.29) is 6.07 Å². The molecule has 16 heavy (non-hydrogen) atoms. The van der Waals surface area contributed by atoms with Crippen molar-refractivity contribution in [1.29, 1.82) is 0 Å². The van der Waals surface area contributed by atoms with E-state index in [2.05, 4.69) is 0 Å². The fraction of sp³-hybridized carbons (Fsp3) is 0.250. The summed E-state index contributed by atoms with van der Waals surface area (Å²) < 4.78 is 50.4. The average molecular weight is 238 g/mol. The van der Waals surface area contributed by atoms with E-state index in [0.717, 1.165) is 0 Å². The second-order valence-electron chi connectivity index (χ2n) is 2.94. The van der Waals surface area contributed by atoms with Crippen molar-refractivity contribution in [1.82, 2.24) is 0 Å². The Labute approximate surface area is 86.8 Å². The molecular weight excluding hydrogens is 232 g/mol. The summed E-state index contributed by atoms with van der Waals surface area (Å²) in [5, 5.41) is 10.2. The molecule has 0 radical (unpaired) electrons. The van der Waals surface area contributed by atoms with Crippen LogP contribution in [0.15, 0.2) is 12.1 Å². The van der Waals surface area contributed by atoms with Crippen LogP contribution in [0, 0.1) is 21.7 Å². The van der Waals surface area contributed by atoms with Crippen molar-refractivity contribution in [2.75, 3.05) is 0 Å². The third-order valence-electron chi connectivity index (χ3n) is 1.89. The molecule has 0 aliphatic carbocycles. The van der Waals surface area contributed by atoms with Gasteiger partial charge in [-0.2, -0.15) is 4.39 Å². The van der Waals surface area contributed by atoms with Crippen LogP contribution in [0.5, 0.6) is 0 Å². The maximum absolute atomic E-state index is 13.1. The lowest BCUT2D eigenvalue weighted by atomic mass is 10.1. The van der Waals surface area contributed by atoms with Gasteiger partial charge in [0.2, 0.25) is 5.82 Å². The van der Waals surface area contributed by atoms with E-state index in [9.17, 15) is 27.7 Å². The number of nitrogens with two attached hydrogens (primary N) is 1. The van der Waals surface area contributed by atoms with E-state index in [1.54, 1.807) is 0 Å². The number of benzene rings is 1. The van der Waals surface area contributed by atoms with Gasteiger partial charge in [0.25, 0.3) is 6.43 Å². The molecule has 0 spiro atoms. The molecule has 2 N–H and O–H groups in total. The Morgan fingerprint density at radius 1 is 1.25 bits per heavy atom. The van der Waals surface area contributed by atoms with E-state index in [1.807, 2.05) is 0 Å². The van der Waals surface area contributed by atoms with Gasteiger partial charge in [-0.15, -0.1) is 0 Å². The van der Waals surface area contributed by atoms with Gasteiger partial charge in [0.05, 0.1) is 17.0 Å². The molecule has 0 saturated heterocycles. The Balaban J connectivity index is 3.25. The monoisotopic (exact) mass is 238 g/mol. The molecule has 88 valence electrons. The van der Waals surface area contributed by atoms with Gasteiger partial charge in [-0.05, 0) is 6.07 Å². The predicted molar refractivity (Wildman–Crippen MR) is 45.9 cm³/mol. The maximum atomic E-state index is 13.1. The van der Waals surface area contributed by atoms with Gasteiger partial charge in [0, 0.05) is 5.56 Å². The van der Waals surface area contributed by atoms with Crippen LogP contribution < -0.4 is 5.73 Å². The van der Waals surface area contributed by atoms with Crippen molar-refractivity contribution in [2.24, 2.45) is 5.73 Å². The molecule has 0 saturated carbocycles. The van der Waals surface area contributed by atoms with Crippen molar-refractivity contribution in [2.45, 2.75) is 12.5 Å². The van der Waals surface area contributed by atoms with Crippen LogP contribution in [0.2, 0.25) is 0 Å². The minimum absolute atomic E-state index is 0.229. The Bertz CT molecular complexity index is 425. The van der Waals surface area contributed by atoms with Crippen LogP contribution in [0.25, 0.3) is 0 Å². The first-order valence-electron chi connectivity index (χ1n) is 4.01. The van der Waals surface area contributed by atoms with E-state index < -0.39 is 40.3 Å². The second kappa shape index (κ2) is 4.44. The molecule has 1 rings (SSSR count). The summed E-state index contributed by atoms with van der Waals surface area (Å²) in [6, 6.07) is -1.48. The molecule has 0 aliphatic rings. The number of rotatable bonds is 3. The molecule has 1 atom stereocenters. The first-order chi connectivity index (χ1) is 7.34. The minimum Gasteiger partial charge on any atom is -0.319 e. The molecule has 1 unspecified atom stereocenters. The number of alkyl halides is 2. The summed E-state index contributed by atoms with van der Waals surface area (Å²) in [5.41, 5.74) is 2.99. The van der Waals surface area contributed by atoms with E-state index >= 15 is 0 Å². The molecule has 0 fully saturated rings. The fourth-order valence-corrected chi connectivity index (χ4v) is 1.08. The van der Waals surface area contributed by atoms with Gasteiger partial charge in [-0.25, -0.2) is 13.2 Å². The first kappa shape index (κ1) is 12.4. The van der Waals surface area contributed by atoms with Crippen LogP contribution in [0.3, 0.4) is 0 Å². The van der Waals surface area contributed by atoms with Crippen molar-refractivity contribution < 1.29 is 22.5 Å². The highest BCUT2D eigenvalue weighted by molar-refractivity contribution is 5.37. The zero-order valence-electron chi connectivity index (χ0n) is 7.66. The molecule has 1 aromatic carbocycles. The van der Waals surface area contributed by atoms with Gasteiger partial charge in [-0.3, -0.25) is 10.1 Å². The molecular formula is C8H6F4N2O2. The van der Waals surface area contributed by atoms with Gasteiger partial charge < -0.3 is 5.73 Å². The topological polar surface area (TPSA) is 69.2 Å². The normalized spacial score (nSPS) is 12.9. The van der Waals surface area contributed by atoms with Crippen molar-refractivity contribution in [3.8, 4) is 0 Å². The van der Waals surface area contributed by atoms with Crippen LogP contribution in [0.4, 0.5) is 23.2 Å². The van der Waals surface area contributed by atoms with E-state index in [1.165, 1.54) is 0 Å². The Kier molecular flexibility index (Phi) is 3.43. The Morgan fingerprint density at radius 3 is 2.25 bits per heavy atom. The number of hydrogen-bond donors (Lipinski definition) is 1. The van der Waals surface area contributed by atoms with Crippen molar-refractivity contribution in [3.63, 3.8) is 0 Å². The quantitative estimate of drug-likeness (QED) is 0.498. The fourth-order valence-electron chi connectivity index (χ4n) is 1.08. The summed E-state index contributed by atoms with van der Waals surface area (Å²) in [6.07, 6.45) is -3.09. The molecule has 0 bridgehead atoms. The highest BCUT2D eigenvalue weighted by Gasteiger charge is 2.25. The molecule has 8 heteroatoms. The Hall–Kier alpha value is -1.70. The van der Waals surface area contributed by atoms with Crippen LogP contribution in [-0.2, 0) is 0 Å². The zero-order valence-corrected chi connectivity index (χ0v) is 7.66. The molecule has 0 aromatic heterocycles. The number of nitro groups is 1. The lowest BCUT2D eigenvalue weighted by Gasteiger charge is -2.11. The third-order valence-corrected chi connectivity index (χ3v) is 1.89. The number of hydrogen-bond acceptors (Lipinski definition) is 3. The lowest BCUT2D eigenvalue weighted by molar-refractivity contribution is -0.387. The van der Waals surface area contributed by atoms with Gasteiger partial charge >= 0.3 is 5.69 Å². The van der Waals surface area contributed by atoms with Crippen LogP contribution in [-0.4, -0.2) is 11.3 Å². The number of halogens is 4. The highest BCUT2D eigenvalue weighted by Crippen LogP contribution is 2.27. The maximum Gasteiger partial charge on any atom is 0.307 e. The van der Waals surface area contributed by atoms with Gasteiger partial charge in [-0.1, -0.05) is 0 Å². The van der Waals surface area contributed by atoms with E-state index in [0.29, 0.717) is 6.07 Å². The van der Waals surface area contributed by atoms with Gasteiger partial charge in [0.1, 0.15) is 5.82 Å². The number of nitrogens with zero attached hydrogens (tertiary/aromatic N) is 1. The molecule has 0 heterocycles. The van der Waals surface area contributed by atoms with Gasteiger partial charge in [0.15, 0.2) is 0 Å². The smallest absolute Gasteiger partial charge is 0.307 e. The lowest BCUT2D eigenvalue weighted by Crippen LogP contribution is -2.20. The SMILES string of the molecule is NC(c1cc(F)c([N+](=O)[O-])cc1F)C(F)F. The van der Waals surface area contributed by atoms with Crippen LogP contribution >= 0.6 is 0 Å². The van der Waals surface area contributed by atoms with E-state index in [4.69, 9.17) is 5.73 Å². The third kappa shape index (κ3) is 2.27. The van der Waals surface area contributed by atoms with Crippen LogP contribution in [0.1, 0.15) is 11.6 Å². The largest absolute Gasteiger partial charge is 0.319 e. The summed E-state index contributed by atoms with van der Waals surface area (Å²) in [6.45, 7) is 0. The van der Waals surface area contributed by atoms with Crippen molar-refractivity contribution in [3.05, 3.63) is 39.4 Å². The summed E-state index contributed by atoms with van der Waals surface area (Å²) in [4.78, 5) is 9.05. The first-order valence-corrected chi connectivity index (χ1v) is 4.01. The zero-order chi connectivity index (χ0) is 12.5. The molecule has 0 aliphatic heterocycles. The average Bonchev–Trinajstić information content (AvgIpc) is 2.19. The summed E-state index contributed by atoms with van der Waals surface area (Å²) in [7, 11) is 0. The summed E-state index contributed by atoms with van der Waals surface area (Å²) in [5.74, 6) is -2.74. The minimum atomic E-state index is -3.09. The molecule has 0 amide bonds. The standard InChI is InChI=1S/C8H6F4N2O2/c9-4-2-6(14(15)16)5(10)1-3(4)7(13)8(11)12/h1-2,7-8H,13H2. The molecule has 1 aromatic rings. The predicted octanol–water partition coefficient (Wildman–Crippen LogP) is 2.14. The molecule has 4 nitrogen and oxygen atoms in total. The Morgan fingerprint density at radius 2 is 1.81 bits per heavy atom. The summed E-state index contributed by atoms with van der Waals surface area (Å²) >= 11 is 0. The number of nitro benzene ring substituents is 1. The second-order valence-corrected chi connectivity index (χ2v) is 2.94. The van der Waals surface area contributed by atoms with Crippen molar-refractivity contribution >= 4 is 5.69 Å². The highest BCUT2D eigenvalue weighted by atomic mass is 19.3.